The van der Waals surface area contributed by atoms with Crippen molar-refractivity contribution in [3.8, 4) is 0 Å². The van der Waals surface area contributed by atoms with Crippen LogP contribution in [-0.4, -0.2) is 98.3 Å². The van der Waals surface area contributed by atoms with Crippen LogP contribution in [0.25, 0.3) is 0 Å². The SMILES string of the molecule is CCN(CC)C1CCN(C(=NC)NCC(C)N2CCOCC2C)C1. The Hall–Kier alpha value is -0.850. The van der Waals surface area contributed by atoms with Crippen molar-refractivity contribution in [3.63, 3.8) is 0 Å². The van der Waals surface area contributed by atoms with Gasteiger partial charge in [0.1, 0.15) is 0 Å². The fourth-order valence-corrected chi connectivity index (χ4v) is 4.06. The summed E-state index contributed by atoms with van der Waals surface area (Å²) in [5.41, 5.74) is 0. The van der Waals surface area contributed by atoms with Gasteiger partial charge in [0.15, 0.2) is 5.96 Å². The van der Waals surface area contributed by atoms with Gasteiger partial charge in [-0.1, -0.05) is 13.8 Å². The van der Waals surface area contributed by atoms with Crippen molar-refractivity contribution in [1.29, 1.82) is 0 Å². The lowest BCUT2D eigenvalue weighted by Gasteiger charge is -2.38. The van der Waals surface area contributed by atoms with E-state index in [0.29, 0.717) is 18.1 Å². The van der Waals surface area contributed by atoms with Crippen LogP contribution in [0.1, 0.15) is 34.1 Å². The molecule has 2 aliphatic heterocycles. The monoisotopic (exact) mass is 339 g/mol. The van der Waals surface area contributed by atoms with E-state index in [9.17, 15) is 0 Å². The number of likely N-dealkylation sites (tertiary alicyclic amines) is 1. The number of nitrogens with zero attached hydrogens (tertiary/aromatic N) is 4. The van der Waals surface area contributed by atoms with Crippen LogP contribution < -0.4 is 5.32 Å². The molecule has 1 N–H and O–H groups in total. The van der Waals surface area contributed by atoms with Gasteiger partial charge in [0, 0.05) is 51.4 Å². The van der Waals surface area contributed by atoms with E-state index in [1.807, 2.05) is 7.05 Å². The largest absolute Gasteiger partial charge is 0.379 e. The van der Waals surface area contributed by atoms with Crippen LogP contribution in [0.5, 0.6) is 0 Å². The number of ether oxygens (including phenoxy) is 1. The van der Waals surface area contributed by atoms with Crippen molar-refractivity contribution in [2.45, 2.75) is 52.2 Å². The smallest absolute Gasteiger partial charge is 0.193 e. The molecule has 3 unspecified atom stereocenters. The third-order valence-electron chi connectivity index (χ3n) is 5.54. The highest BCUT2D eigenvalue weighted by Gasteiger charge is 2.29. The lowest BCUT2D eigenvalue weighted by molar-refractivity contribution is -0.0175. The Balaban J connectivity index is 1.82. The van der Waals surface area contributed by atoms with Gasteiger partial charge in [-0.2, -0.15) is 0 Å². The molecule has 0 radical (unpaired) electrons. The number of aliphatic imine (C=N–C) groups is 1. The van der Waals surface area contributed by atoms with Crippen LogP contribution >= 0.6 is 0 Å². The molecule has 0 amide bonds. The highest BCUT2D eigenvalue weighted by molar-refractivity contribution is 5.80. The van der Waals surface area contributed by atoms with Crippen LogP contribution in [-0.2, 0) is 4.74 Å². The van der Waals surface area contributed by atoms with Crippen LogP contribution in [0.15, 0.2) is 4.99 Å². The fraction of sp³-hybridized carbons (Fsp3) is 0.944. The molecule has 0 bridgehead atoms. The molecule has 2 rings (SSSR count). The molecule has 0 spiro atoms. The fourth-order valence-electron chi connectivity index (χ4n) is 4.06. The van der Waals surface area contributed by atoms with Gasteiger partial charge in [0.2, 0.25) is 0 Å². The number of hydrogen-bond acceptors (Lipinski definition) is 4. The zero-order valence-corrected chi connectivity index (χ0v) is 16.3. The van der Waals surface area contributed by atoms with Crippen molar-refractivity contribution < 1.29 is 4.74 Å². The lowest BCUT2D eigenvalue weighted by atomic mass is 10.2. The molecule has 0 saturated carbocycles. The lowest BCUT2D eigenvalue weighted by Crippen LogP contribution is -2.53. The van der Waals surface area contributed by atoms with Crippen molar-refractivity contribution in [1.82, 2.24) is 20.0 Å². The highest BCUT2D eigenvalue weighted by Crippen LogP contribution is 2.16. The first-order valence-electron chi connectivity index (χ1n) is 9.63. The predicted octanol–water partition coefficient (Wildman–Crippen LogP) is 1.09. The van der Waals surface area contributed by atoms with Crippen LogP contribution in [0.2, 0.25) is 0 Å². The molecule has 2 aliphatic rings. The molecule has 0 aromatic carbocycles. The van der Waals surface area contributed by atoms with Crippen molar-refractivity contribution in [2.24, 2.45) is 4.99 Å². The highest BCUT2D eigenvalue weighted by atomic mass is 16.5. The Bertz CT molecular complexity index is 399. The van der Waals surface area contributed by atoms with Gasteiger partial charge in [-0.15, -0.1) is 0 Å². The van der Waals surface area contributed by atoms with Gasteiger partial charge in [0.25, 0.3) is 0 Å². The van der Waals surface area contributed by atoms with E-state index in [1.54, 1.807) is 0 Å². The average molecular weight is 340 g/mol. The van der Waals surface area contributed by atoms with Gasteiger partial charge >= 0.3 is 0 Å². The number of hydrogen-bond donors (Lipinski definition) is 1. The standard InChI is InChI=1S/C18H37N5O/c1-6-21(7-2)17-8-9-22(13-17)18(19-5)20-12-15(3)23-10-11-24-14-16(23)4/h15-17H,6-14H2,1-5H3,(H,19,20). The van der Waals surface area contributed by atoms with Gasteiger partial charge in [0.05, 0.1) is 13.2 Å². The first-order valence-corrected chi connectivity index (χ1v) is 9.63. The van der Waals surface area contributed by atoms with Crippen LogP contribution in [0.4, 0.5) is 0 Å². The van der Waals surface area contributed by atoms with E-state index in [2.05, 4.69) is 52.7 Å². The molecular formula is C18H37N5O. The maximum Gasteiger partial charge on any atom is 0.193 e. The van der Waals surface area contributed by atoms with Gasteiger partial charge in [-0.3, -0.25) is 14.8 Å². The molecule has 6 heteroatoms. The van der Waals surface area contributed by atoms with Crippen molar-refractivity contribution in [2.75, 3.05) is 59.5 Å². The van der Waals surface area contributed by atoms with Crippen molar-refractivity contribution in [3.05, 3.63) is 0 Å². The summed E-state index contributed by atoms with van der Waals surface area (Å²) in [6.07, 6.45) is 1.23. The Morgan fingerprint density at radius 2 is 2.08 bits per heavy atom. The summed E-state index contributed by atoms with van der Waals surface area (Å²) in [5, 5.41) is 3.60. The molecule has 24 heavy (non-hydrogen) atoms. The molecule has 0 aromatic heterocycles. The van der Waals surface area contributed by atoms with Gasteiger partial charge in [-0.05, 0) is 33.4 Å². The number of morpholine rings is 1. The third kappa shape index (κ3) is 4.83. The number of likely N-dealkylation sites (N-methyl/N-ethyl adjacent to an activating group) is 1. The van der Waals surface area contributed by atoms with Crippen LogP contribution in [0.3, 0.4) is 0 Å². The molecule has 0 aromatic rings. The molecule has 2 fully saturated rings. The summed E-state index contributed by atoms with van der Waals surface area (Å²) in [7, 11) is 1.90. The second kappa shape index (κ2) is 9.59. The minimum absolute atomic E-state index is 0.488. The molecule has 0 aliphatic carbocycles. The molecule has 6 nitrogen and oxygen atoms in total. The summed E-state index contributed by atoms with van der Waals surface area (Å²) in [6.45, 7) is 17.2. The van der Waals surface area contributed by atoms with Gasteiger partial charge in [-0.25, -0.2) is 0 Å². The zero-order chi connectivity index (χ0) is 17.5. The summed E-state index contributed by atoms with van der Waals surface area (Å²) in [6, 6.07) is 1.65. The summed E-state index contributed by atoms with van der Waals surface area (Å²) >= 11 is 0. The van der Waals surface area contributed by atoms with E-state index in [1.165, 1.54) is 6.42 Å². The predicted molar refractivity (Wildman–Crippen MR) is 101 cm³/mol. The summed E-state index contributed by atoms with van der Waals surface area (Å²) in [4.78, 5) is 12.0. The second-order valence-electron chi connectivity index (χ2n) is 7.05. The first-order chi connectivity index (χ1) is 11.6. The maximum atomic E-state index is 5.55. The Labute approximate surface area is 148 Å². The molecule has 2 heterocycles. The van der Waals surface area contributed by atoms with E-state index in [0.717, 1.165) is 58.4 Å². The molecule has 140 valence electrons. The van der Waals surface area contributed by atoms with E-state index in [4.69, 9.17) is 4.74 Å². The summed E-state index contributed by atoms with van der Waals surface area (Å²) < 4.78 is 5.55. The maximum absolute atomic E-state index is 5.55. The topological polar surface area (TPSA) is 43.3 Å². The normalized spacial score (nSPS) is 27.8. The third-order valence-corrected chi connectivity index (χ3v) is 5.54. The first kappa shape index (κ1) is 19.5. The number of rotatable bonds is 6. The molecular weight excluding hydrogens is 302 g/mol. The zero-order valence-electron chi connectivity index (χ0n) is 16.3. The van der Waals surface area contributed by atoms with Gasteiger partial charge < -0.3 is 15.0 Å². The molecule has 3 atom stereocenters. The minimum Gasteiger partial charge on any atom is -0.379 e. The number of nitrogens with one attached hydrogen (secondary N) is 1. The Morgan fingerprint density at radius 3 is 2.71 bits per heavy atom. The Kier molecular flexibility index (Phi) is 7.78. The number of guanidine groups is 1. The van der Waals surface area contributed by atoms with E-state index < -0.39 is 0 Å². The van der Waals surface area contributed by atoms with Crippen LogP contribution in [0, 0.1) is 0 Å². The Morgan fingerprint density at radius 1 is 1.33 bits per heavy atom. The van der Waals surface area contributed by atoms with E-state index in [-0.39, 0.29) is 0 Å². The second-order valence-corrected chi connectivity index (χ2v) is 7.05. The minimum atomic E-state index is 0.488. The average Bonchev–Trinajstić information content (AvgIpc) is 3.06. The molecule has 2 saturated heterocycles. The quantitative estimate of drug-likeness (QED) is 0.580. The van der Waals surface area contributed by atoms with E-state index >= 15 is 0 Å². The van der Waals surface area contributed by atoms with Crippen molar-refractivity contribution >= 4 is 5.96 Å². The summed E-state index contributed by atoms with van der Waals surface area (Å²) in [5.74, 6) is 1.05.